The van der Waals surface area contributed by atoms with Crippen LogP contribution in [0.4, 0.5) is 0 Å². The van der Waals surface area contributed by atoms with Crippen molar-refractivity contribution in [3.8, 4) is 18.4 Å². The smallest absolute Gasteiger partial charge is 0.395 e. The van der Waals surface area contributed by atoms with Gasteiger partial charge in [-0.3, -0.25) is 0 Å². The Bertz CT molecular complexity index is 420. The van der Waals surface area contributed by atoms with Crippen molar-refractivity contribution in [1.29, 1.82) is 0 Å². The number of terminal acetylenes is 1. The number of benzene rings is 1. The van der Waals surface area contributed by atoms with Crippen LogP contribution in [0.3, 0.4) is 0 Å². The molecule has 0 N–H and O–H groups in total. The minimum absolute atomic E-state index is 0.173. The summed E-state index contributed by atoms with van der Waals surface area (Å²) in [6.07, 6.45) is 5.25. The van der Waals surface area contributed by atoms with E-state index in [4.69, 9.17) is 15.6 Å². The lowest BCUT2D eigenvalue weighted by Gasteiger charge is -1.90. The van der Waals surface area contributed by atoms with E-state index in [1.807, 2.05) is 24.3 Å². The molecule has 0 saturated carbocycles. The van der Waals surface area contributed by atoms with Gasteiger partial charge in [-0.2, -0.15) is 4.98 Å². The van der Waals surface area contributed by atoms with Crippen molar-refractivity contribution in [1.82, 2.24) is 4.98 Å². The van der Waals surface area contributed by atoms with Crippen LogP contribution in [-0.4, -0.2) is 11.6 Å². The zero-order chi connectivity index (χ0) is 9.10. The van der Waals surface area contributed by atoms with Crippen molar-refractivity contribution in [2.45, 2.75) is 0 Å². The van der Waals surface area contributed by atoms with Crippen molar-refractivity contribution < 1.29 is 9.15 Å². The summed E-state index contributed by atoms with van der Waals surface area (Å²) in [5.74, 6) is 2.34. The van der Waals surface area contributed by atoms with E-state index >= 15 is 0 Å². The second kappa shape index (κ2) is 3.20. The van der Waals surface area contributed by atoms with Gasteiger partial charge in [0, 0.05) is 0 Å². The van der Waals surface area contributed by atoms with Crippen LogP contribution in [0.25, 0.3) is 11.1 Å². The van der Waals surface area contributed by atoms with E-state index in [2.05, 4.69) is 10.9 Å². The lowest BCUT2D eigenvalue weighted by molar-refractivity contribution is 0.271. The molecule has 1 aromatic carbocycles. The van der Waals surface area contributed by atoms with Gasteiger partial charge in [0.05, 0.1) is 0 Å². The minimum Gasteiger partial charge on any atom is -0.437 e. The van der Waals surface area contributed by atoms with Crippen molar-refractivity contribution in [3.63, 3.8) is 0 Å². The first-order chi connectivity index (χ1) is 6.40. The van der Waals surface area contributed by atoms with Crippen LogP contribution in [0.15, 0.2) is 28.7 Å². The van der Waals surface area contributed by atoms with Gasteiger partial charge < -0.3 is 9.15 Å². The minimum atomic E-state index is 0.173. The van der Waals surface area contributed by atoms with Crippen molar-refractivity contribution in [2.75, 3.05) is 6.61 Å². The SMILES string of the molecule is C#CCOc1nc2ccccc2o1. The first-order valence-corrected chi connectivity index (χ1v) is 3.82. The van der Waals surface area contributed by atoms with Gasteiger partial charge in [-0.1, -0.05) is 18.1 Å². The molecule has 0 aliphatic rings. The van der Waals surface area contributed by atoms with Gasteiger partial charge in [0.15, 0.2) is 12.2 Å². The number of nitrogens with zero attached hydrogens (tertiary/aromatic N) is 1. The lowest BCUT2D eigenvalue weighted by Crippen LogP contribution is -1.92. The zero-order valence-corrected chi connectivity index (χ0v) is 6.86. The summed E-state index contributed by atoms with van der Waals surface area (Å²) in [7, 11) is 0. The summed E-state index contributed by atoms with van der Waals surface area (Å²) >= 11 is 0. The first kappa shape index (κ1) is 7.69. The van der Waals surface area contributed by atoms with Crippen molar-refractivity contribution in [3.05, 3.63) is 24.3 Å². The monoisotopic (exact) mass is 173 g/mol. The van der Waals surface area contributed by atoms with Crippen LogP contribution in [-0.2, 0) is 0 Å². The Morgan fingerprint density at radius 1 is 1.46 bits per heavy atom. The molecule has 0 saturated heterocycles. The number of hydrogen-bond donors (Lipinski definition) is 0. The molecule has 0 unspecified atom stereocenters. The number of hydrogen-bond acceptors (Lipinski definition) is 3. The van der Waals surface area contributed by atoms with Crippen molar-refractivity contribution in [2.24, 2.45) is 0 Å². The lowest BCUT2D eigenvalue weighted by atomic mass is 10.3. The van der Waals surface area contributed by atoms with Gasteiger partial charge in [-0.05, 0) is 12.1 Å². The van der Waals surface area contributed by atoms with Gasteiger partial charge in [0.1, 0.15) is 5.52 Å². The summed E-state index contributed by atoms with van der Waals surface area (Å²) in [4.78, 5) is 4.07. The van der Waals surface area contributed by atoms with E-state index < -0.39 is 0 Å². The second-order valence-corrected chi connectivity index (χ2v) is 2.44. The Morgan fingerprint density at radius 2 is 2.31 bits per heavy atom. The molecule has 0 amide bonds. The highest BCUT2D eigenvalue weighted by Gasteiger charge is 2.03. The maximum absolute atomic E-state index is 5.24. The Hall–Kier alpha value is -1.95. The standard InChI is InChI=1S/C10H7NO2/c1-2-7-12-10-11-8-5-3-4-6-9(8)13-10/h1,3-6H,7H2. The predicted molar refractivity (Wildman–Crippen MR) is 48.3 cm³/mol. The zero-order valence-electron chi connectivity index (χ0n) is 6.86. The molecule has 0 radical (unpaired) electrons. The topological polar surface area (TPSA) is 35.3 Å². The largest absolute Gasteiger partial charge is 0.437 e. The molecule has 1 aromatic heterocycles. The fourth-order valence-corrected chi connectivity index (χ4v) is 1.02. The van der Waals surface area contributed by atoms with E-state index in [1.54, 1.807) is 0 Å². The molecule has 13 heavy (non-hydrogen) atoms. The molecule has 2 rings (SSSR count). The van der Waals surface area contributed by atoms with E-state index in [-0.39, 0.29) is 12.7 Å². The summed E-state index contributed by atoms with van der Waals surface area (Å²) in [5.41, 5.74) is 1.48. The molecule has 0 fully saturated rings. The molecule has 3 nitrogen and oxygen atoms in total. The third-order valence-corrected chi connectivity index (χ3v) is 1.55. The van der Waals surface area contributed by atoms with Crippen LogP contribution >= 0.6 is 0 Å². The number of oxazole rings is 1. The summed E-state index contributed by atoms with van der Waals surface area (Å²) in [6, 6.07) is 7.43. The highest BCUT2D eigenvalue weighted by molar-refractivity contribution is 5.72. The molecule has 2 aromatic rings. The molecule has 3 heteroatoms. The fourth-order valence-electron chi connectivity index (χ4n) is 1.02. The molecule has 64 valence electrons. The molecule has 0 aliphatic carbocycles. The molecular formula is C10H7NO2. The van der Waals surface area contributed by atoms with Gasteiger partial charge in [0.25, 0.3) is 0 Å². The fraction of sp³-hybridized carbons (Fsp3) is 0.100. The molecule has 0 aliphatic heterocycles. The van der Waals surface area contributed by atoms with Crippen LogP contribution in [0, 0.1) is 12.3 Å². The van der Waals surface area contributed by atoms with Crippen LogP contribution in [0.5, 0.6) is 6.08 Å². The number of fused-ring (bicyclic) bond motifs is 1. The predicted octanol–water partition coefficient (Wildman–Crippen LogP) is 1.84. The Morgan fingerprint density at radius 3 is 3.08 bits per heavy atom. The number of para-hydroxylation sites is 2. The third kappa shape index (κ3) is 1.47. The van der Waals surface area contributed by atoms with E-state index in [0.717, 1.165) is 5.52 Å². The molecule has 0 atom stereocenters. The normalized spacial score (nSPS) is 9.77. The van der Waals surface area contributed by atoms with Gasteiger partial charge in [-0.25, -0.2) is 0 Å². The van der Waals surface area contributed by atoms with Gasteiger partial charge >= 0.3 is 6.08 Å². The maximum Gasteiger partial charge on any atom is 0.395 e. The number of ether oxygens (including phenoxy) is 1. The second-order valence-electron chi connectivity index (χ2n) is 2.44. The van der Waals surface area contributed by atoms with Gasteiger partial charge in [0.2, 0.25) is 0 Å². The quantitative estimate of drug-likeness (QED) is 0.650. The molecule has 1 heterocycles. The Kier molecular flexibility index (Phi) is 1.89. The van der Waals surface area contributed by atoms with E-state index in [1.165, 1.54) is 0 Å². The third-order valence-electron chi connectivity index (χ3n) is 1.55. The van der Waals surface area contributed by atoms with E-state index in [9.17, 15) is 0 Å². The molecule has 0 bridgehead atoms. The summed E-state index contributed by atoms with van der Waals surface area (Å²) in [6.45, 7) is 0.173. The molecular weight excluding hydrogens is 166 g/mol. The first-order valence-electron chi connectivity index (χ1n) is 3.82. The van der Waals surface area contributed by atoms with Gasteiger partial charge in [-0.15, -0.1) is 6.42 Å². The van der Waals surface area contributed by atoms with Crippen LogP contribution in [0.2, 0.25) is 0 Å². The maximum atomic E-state index is 5.24. The summed E-state index contributed by atoms with van der Waals surface area (Å²) < 4.78 is 10.3. The average Bonchev–Trinajstić information content (AvgIpc) is 2.57. The Labute approximate surface area is 75.3 Å². The van der Waals surface area contributed by atoms with Crippen LogP contribution in [0.1, 0.15) is 0 Å². The average molecular weight is 173 g/mol. The Balaban J connectivity index is 2.34. The highest BCUT2D eigenvalue weighted by atomic mass is 16.6. The summed E-state index contributed by atoms with van der Waals surface area (Å²) in [5, 5.41) is 0. The number of aromatic nitrogens is 1. The van der Waals surface area contributed by atoms with E-state index in [0.29, 0.717) is 5.58 Å². The van der Waals surface area contributed by atoms with Crippen molar-refractivity contribution >= 4 is 11.1 Å². The molecule has 0 spiro atoms. The number of rotatable bonds is 2. The van der Waals surface area contributed by atoms with Crippen LogP contribution < -0.4 is 4.74 Å². The highest BCUT2D eigenvalue weighted by Crippen LogP contribution is 2.19.